The summed E-state index contributed by atoms with van der Waals surface area (Å²) in [5, 5.41) is 3.89. The Kier molecular flexibility index (Phi) is 3.99. The van der Waals surface area contributed by atoms with E-state index in [-0.39, 0.29) is 5.91 Å². The molecule has 2 saturated heterocycles. The fourth-order valence-corrected chi connectivity index (χ4v) is 3.45. The molecule has 116 valence electrons. The maximum absolute atomic E-state index is 12.7. The van der Waals surface area contributed by atoms with Gasteiger partial charge in [-0.15, -0.1) is 0 Å². The monoisotopic (exact) mass is 293 g/mol. The fourth-order valence-electron chi connectivity index (χ4n) is 3.45. The van der Waals surface area contributed by atoms with Crippen LogP contribution in [0.4, 0.5) is 0 Å². The summed E-state index contributed by atoms with van der Waals surface area (Å²) in [4.78, 5) is 17.1. The van der Waals surface area contributed by atoms with E-state index in [0.29, 0.717) is 29.0 Å². The van der Waals surface area contributed by atoms with Gasteiger partial charge in [0.05, 0.1) is 18.9 Å². The van der Waals surface area contributed by atoms with Crippen molar-refractivity contribution in [2.75, 3.05) is 39.4 Å². The second-order valence-electron chi connectivity index (χ2n) is 6.10. The second kappa shape index (κ2) is 5.77. The molecule has 0 bridgehead atoms. The van der Waals surface area contributed by atoms with Crippen LogP contribution < -0.4 is 0 Å². The van der Waals surface area contributed by atoms with E-state index in [9.17, 15) is 4.79 Å². The van der Waals surface area contributed by atoms with Crippen molar-refractivity contribution in [3.05, 3.63) is 17.0 Å². The normalized spacial score (nSPS) is 27.3. The average molecular weight is 293 g/mol. The van der Waals surface area contributed by atoms with Crippen molar-refractivity contribution in [3.63, 3.8) is 0 Å². The van der Waals surface area contributed by atoms with Gasteiger partial charge in [-0.05, 0) is 19.8 Å². The van der Waals surface area contributed by atoms with Crippen LogP contribution >= 0.6 is 0 Å². The molecule has 2 aliphatic rings. The first-order valence-corrected chi connectivity index (χ1v) is 7.62. The molecular weight excluding hydrogens is 270 g/mol. The van der Waals surface area contributed by atoms with Crippen LogP contribution in [0, 0.1) is 19.8 Å². The zero-order valence-corrected chi connectivity index (χ0v) is 13.0. The Morgan fingerprint density at radius 2 is 1.95 bits per heavy atom. The van der Waals surface area contributed by atoms with Crippen molar-refractivity contribution < 1.29 is 14.1 Å². The minimum Gasteiger partial charge on any atom is -0.379 e. The Bertz CT molecular complexity index is 503. The zero-order chi connectivity index (χ0) is 15.0. The van der Waals surface area contributed by atoms with E-state index in [1.807, 2.05) is 11.8 Å². The molecule has 6 nitrogen and oxygen atoms in total. The van der Waals surface area contributed by atoms with Gasteiger partial charge in [-0.3, -0.25) is 9.69 Å². The molecule has 3 heterocycles. The molecule has 0 aliphatic carbocycles. The Morgan fingerprint density at radius 1 is 1.24 bits per heavy atom. The van der Waals surface area contributed by atoms with E-state index in [1.165, 1.54) is 0 Å². The first kappa shape index (κ1) is 14.5. The number of aryl methyl sites for hydroxylation is 2. The molecule has 0 aromatic carbocycles. The van der Waals surface area contributed by atoms with Crippen LogP contribution in [-0.4, -0.2) is 66.3 Å². The first-order valence-electron chi connectivity index (χ1n) is 7.62. The first-order chi connectivity index (χ1) is 10.1. The summed E-state index contributed by atoms with van der Waals surface area (Å²) in [7, 11) is 0. The molecule has 0 radical (unpaired) electrons. The molecule has 1 aromatic heterocycles. The molecule has 3 rings (SSSR count). The molecule has 0 unspecified atom stereocenters. The van der Waals surface area contributed by atoms with Crippen molar-refractivity contribution in [1.29, 1.82) is 0 Å². The van der Waals surface area contributed by atoms with E-state index in [4.69, 9.17) is 9.26 Å². The van der Waals surface area contributed by atoms with E-state index in [2.05, 4.69) is 17.0 Å². The Labute approximate surface area is 125 Å². The van der Waals surface area contributed by atoms with Gasteiger partial charge in [0.25, 0.3) is 5.91 Å². The average Bonchev–Trinajstić information content (AvgIpc) is 3.03. The Morgan fingerprint density at radius 3 is 2.57 bits per heavy atom. The maximum atomic E-state index is 12.7. The number of rotatable bonds is 2. The van der Waals surface area contributed by atoms with E-state index >= 15 is 0 Å². The van der Waals surface area contributed by atoms with Crippen LogP contribution in [0.2, 0.25) is 0 Å². The van der Waals surface area contributed by atoms with E-state index in [0.717, 1.165) is 39.4 Å². The molecule has 0 spiro atoms. The Balaban J connectivity index is 1.72. The van der Waals surface area contributed by atoms with Gasteiger partial charge < -0.3 is 14.2 Å². The number of carbonyl (C=O) groups excluding carboxylic acids is 1. The van der Waals surface area contributed by atoms with Crippen LogP contribution in [0.25, 0.3) is 0 Å². The topological polar surface area (TPSA) is 58.8 Å². The van der Waals surface area contributed by atoms with Gasteiger partial charge in [-0.2, -0.15) is 0 Å². The lowest BCUT2D eigenvalue weighted by molar-refractivity contribution is 0.0119. The van der Waals surface area contributed by atoms with E-state index < -0.39 is 0 Å². The summed E-state index contributed by atoms with van der Waals surface area (Å²) < 4.78 is 10.5. The lowest BCUT2D eigenvalue weighted by Gasteiger charge is -2.33. The van der Waals surface area contributed by atoms with Gasteiger partial charge in [0.1, 0.15) is 11.3 Å². The van der Waals surface area contributed by atoms with Crippen molar-refractivity contribution in [3.8, 4) is 0 Å². The van der Waals surface area contributed by atoms with Crippen molar-refractivity contribution in [2.45, 2.75) is 26.8 Å². The third-order valence-electron chi connectivity index (χ3n) is 4.62. The SMILES string of the molecule is Cc1noc(C)c1C(=O)N1C[C@@H](N2CCOCC2)[C@@H](C)C1. The number of aromatic nitrogens is 1. The molecule has 0 N–H and O–H groups in total. The number of nitrogens with zero attached hydrogens (tertiary/aromatic N) is 3. The van der Waals surface area contributed by atoms with Crippen molar-refractivity contribution >= 4 is 5.91 Å². The quantitative estimate of drug-likeness (QED) is 0.817. The summed E-state index contributed by atoms with van der Waals surface area (Å²) in [5.74, 6) is 1.14. The van der Waals surface area contributed by atoms with Crippen molar-refractivity contribution in [2.24, 2.45) is 5.92 Å². The summed E-state index contributed by atoms with van der Waals surface area (Å²) in [5.41, 5.74) is 1.31. The van der Waals surface area contributed by atoms with Gasteiger partial charge in [0.2, 0.25) is 0 Å². The molecule has 2 atom stereocenters. The van der Waals surface area contributed by atoms with Gasteiger partial charge in [0, 0.05) is 32.2 Å². The molecule has 1 amide bonds. The highest BCUT2D eigenvalue weighted by molar-refractivity contribution is 5.96. The number of amides is 1. The van der Waals surface area contributed by atoms with Gasteiger partial charge in [0.15, 0.2) is 0 Å². The summed E-state index contributed by atoms with van der Waals surface area (Å²) in [6.07, 6.45) is 0. The smallest absolute Gasteiger partial charge is 0.259 e. The van der Waals surface area contributed by atoms with Gasteiger partial charge >= 0.3 is 0 Å². The second-order valence-corrected chi connectivity index (χ2v) is 6.10. The molecule has 0 saturated carbocycles. The highest BCUT2D eigenvalue weighted by Gasteiger charge is 2.38. The highest BCUT2D eigenvalue weighted by Crippen LogP contribution is 2.25. The van der Waals surface area contributed by atoms with Crippen molar-refractivity contribution in [1.82, 2.24) is 15.0 Å². The number of hydrogen-bond donors (Lipinski definition) is 0. The van der Waals surface area contributed by atoms with Gasteiger partial charge in [-0.25, -0.2) is 0 Å². The molecule has 6 heteroatoms. The number of ether oxygens (including phenoxy) is 1. The number of hydrogen-bond acceptors (Lipinski definition) is 5. The minimum absolute atomic E-state index is 0.0499. The molecule has 2 aliphatic heterocycles. The zero-order valence-electron chi connectivity index (χ0n) is 13.0. The fraction of sp³-hybridized carbons (Fsp3) is 0.733. The summed E-state index contributed by atoms with van der Waals surface area (Å²) >= 11 is 0. The molecule has 21 heavy (non-hydrogen) atoms. The maximum Gasteiger partial charge on any atom is 0.259 e. The lowest BCUT2D eigenvalue weighted by Crippen LogP contribution is -2.47. The highest BCUT2D eigenvalue weighted by atomic mass is 16.5. The third kappa shape index (κ3) is 2.70. The molecule has 1 aromatic rings. The Hall–Kier alpha value is -1.40. The predicted octanol–water partition coefficient (Wildman–Crippen LogP) is 1.08. The standard InChI is InChI=1S/C15H23N3O3/c1-10-8-18(9-13(10)17-4-6-20-7-5-17)15(19)14-11(2)16-21-12(14)3/h10,13H,4-9H2,1-3H3/t10-,13+/m0/s1. The predicted molar refractivity (Wildman–Crippen MR) is 77.2 cm³/mol. The summed E-state index contributed by atoms with van der Waals surface area (Å²) in [6.45, 7) is 10.9. The number of likely N-dealkylation sites (tertiary alicyclic amines) is 1. The molecular formula is C15H23N3O3. The third-order valence-corrected chi connectivity index (χ3v) is 4.62. The summed E-state index contributed by atoms with van der Waals surface area (Å²) in [6, 6.07) is 0.429. The minimum atomic E-state index is 0.0499. The van der Waals surface area contributed by atoms with Crippen LogP contribution in [0.5, 0.6) is 0 Å². The number of morpholine rings is 1. The van der Waals surface area contributed by atoms with Gasteiger partial charge in [-0.1, -0.05) is 12.1 Å². The molecule has 2 fully saturated rings. The number of carbonyl (C=O) groups is 1. The largest absolute Gasteiger partial charge is 0.379 e. The van der Waals surface area contributed by atoms with Crippen LogP contribution in [-0.2, 0) is 4.74 Å². The van der Waals surface area contributed by atoms with Crippen LogP contribution in [0.1, 0.15) is 28.7 Å². The van der Waals surface area contributed by atoms with Crippen LogP contribution in [0.15, 0.2) is 4.52 Å². The van der Waals surface area contributed by atoms with Crippen LogP contribution in [0.3, 0.4) is 0 Å². The van der Waals surface area contributed by atoms with E-state index in [1.54, 1.807) is 6.92 Å². The lowest BCUT2D eigenvalue weighted by atomic mass is 10.0.